The van der Waals surface area contributed by atoms with Gasteiger partial charge in [0.15, 0.2) is 6.61 Å². The van der Waals surface area contributed by atoms with E-state index in [2.05, 4.69) is 5.32 Å². The second-order valence-electron chi connectivity index (χ2n) is 6.47. The van der Waals surface area contributed by atoms with Crippen LogP contribution in [-0.2, 0) is 9.59 Å². The first-order valence-electron chi connectivity index (χ1n) is 8.53. The van der Waals surface area contributed by atoms with Gasteiger partial charge in [-0.2, -0.15) is 0 Å². The summed E-state index contributed by atoms with van der Waals surface area (Å²) in [6.45, 7) is -0.0979. The predicted octanol–water partition coefficient (Wildman–Crippen LogP) is 1.44. The lowest BCUT2D eigenvalue weighted by molar-refractivity contribution is -0.119. The van der Waals surface area contributed by atoms with E-state index in [4.69, 9.17) is 15.2 Å². The first-order chi connectivity index (χ1) is 13.4. The van der Waals surface area contributed by atoms with Crippen molar-refractivity contribution in [2.24, 2.45) is 5.73 Å². The third-order valence-corrected chi connectivity index (χ3v) is 4.49. The molecule has 0 unspecified atom stereocenters. The number of fused-ring (bicyclic) bond motifs is 2. The van der Waals surface area contributed by atoms with Crippen LogP contribution in [0.15, 0.2) is 36.4 Å². The van der Waals surface area contributed by atoms with Gasteiger partial charge in [0.25, 0.3) is 11.8 Å². The highest BCUT2D eigenvalue weighted by Gasteiger charge is 2.34. The molecule has 2 aromatic carbocycles. The summed E-state index contributed by atoms with van der Waals surface area (Å²) in [5.41, 5.74) is 6.29. The molecule has 0 saturated carbocycles. The summed E-state index contributed by atoms with van der Waals surface area (Å²) in [7, 11) is 0. The number of rotatable bonds is 3. The van der Waals surface area contributed by atoms with Crippen molar-refractivity contribution in [1.82, 2.24) is 0 Å². The Morgan fingerprint density at radius 3 is 2.79 bits per heavy atom. The summed E-state index contributed by atoms with van der Waals surface area (Å²) in [5.74, 6) is -1.21. The topological polar surface area (TPSA) is 111 Å². The monoisotopic (exact) mass is 385 g/mol. The van der Waals surface area contributed by atoms with E-state index in [0.29, 0.717) is 17.1 Å². The number of hydrogen-bond donors (Lipinski definition) is 2. The molecule has 28 heavy (non-hydrogen) atoms. The molecule has 9 heteroatoms. The van der Waals surface area contributed by atoms with Gasteiger partial charge in [-0.3, -0.25) is 19.3 Å². The summed E-state index contributed by atoms with van der Waals surface area (Å²) in [6.07, 6.45) is -0.118. The fourth-order valence-electron chi connectivity index (χ4n) is 3.27. The Kier molecular flexibility index (Phi) is 4.34. The van der Waals surface area contributed by atoms with Crippen LogP contribution >= 0.6 is 0 Å². The smallest absolute Gasteiger partial charge is 0.262 e. The zero-order chi connectivity index (χ0) is 19.8. The Hall–Kier alpha value is -3.62. The minimum Gasteiger partial charge on any atom is -0.489 e. The summed E-state index contributed by atoms with van der Waals surface area (Å²) in [4.78, 5) is 37.7. The number of nitrogens with zero attached hydrogens (tertiary/aromatic N) is 1. The number of carbonyl (C=O) groups is 3. The van der Waals surface area contributed by atoms with Crippen molar-refractivity contribution < 1.29 is 28.2 Å². The molecule has 0 fully saturated rings. The van der Waals surface area contributed by atoms with Crippen LogP contribution in [0.5, 0.6) is 11.5 Å². The molecular formula is C19H16FN3O5. The Bertz CT molecular complexity index is 994. The molecule has 0 aliphatic carbocycles. The SMILES string of the molecule is NC(=O)C[C@@H]1COc2cc(F)ccc2N1C(=O)c1ccc2c(c1)NC(=O)CO2. The van der Waals surface area contributed by atoms with Gasteiger partial charge >= 0.3 is 0 Å². The Morgan fingerprint density at radius 2 is 2.00 bits per heavy atom. The molecule has 0 bridgehead atoms. The van der Waals surface area contributed by atoms with Gasteiger partial charge < -0.3 is 20.5 Å². The maximum Gasteiger partial charge on any atom is 0.262 e. The molecule has 4 rings (SSSR count). The Balaban J connectivity index is 1.74. The predicted molar refractivity (Wildman–Crippen MR) is 96.9 cm³/mol. The fourth-order valence-corrected chi connectivity index (χ4v) is 3.27. The molecule has 3 N–H and O–H groups in total. The number of primary amides is 1. The minimum atomic E-state index is -0.648. The quantitative estimate of drug-likeness (QED) is 0.831. The van der Waals surface area contributed by atoms with E-state index in [1.807, 2.05) is 0 Å². The van der Waals surface area contributed by atoms with E-state index in [1.165, 1.54) is 29.2 Å². The van der Waals surface area contributed by atoms with Gasteiger partial charge in [-0.15, -0.1) is 0 Å². The van der Waals surface area contributed by atoms with Crippen molar-refractivity contribution in [2.75, 3.05) is 23.4 Å². The Labute approximate surface area is 159 Å². The zero-order valence-corrected chi connectivity index (χ0v) is 14.6. The summed E-state index contributed by atoms with van der Waals surface area (Å²) < 4.78 is 24.4. The van der Waals surface area contributed by atoms with Crippen molar-refractivity contribution in [3.05, 3.63) is 47.8 Å². The summed E-state index contributed by atoms with van der Waals surface area (Å²) in [5, 5.41) is 2.65. The second kappa shape index (κ2) is 6.84. The van der Waals surface area contributed by atoms with Gasteiger partial charge in [0.1, 0.15) is 23.9 Å². The van der Waals surface area contributed by atoms with E-state index >= 15 is 0 Å². The van der Waals surface area contributed by atoms with Crippen LogP contribution in [0.25, 0.3) is 0 Å². The number of nitrogens with one attached hydrogen (secondary N) is 1. The Morgan fingerprint density at radius 1 is 1.18 bits per heavy atom. The molecule has 0 aromatic heterocycles. The number of nitrogens with two attached hydrogens (primary N) is 1. The van der Waals surface area contributed by atoms with Crippen LogP contribution in [0.1, 0.15) is 16.8 Å². The van der Waals surface area contributed by atoms with Crippen molar-refractivity contribution in [2.45, 2.75) is 12.5 Å². The van der Waals surface area contributed by atoms with Gasteiger partial charge in [0.05, 0.1) is 23.8 Å². The van der Waals surface area contributed by atoms with Gasteiger partial charge in [-0.1, -0.05) is 0 Å². The first kappa shape index (κ1) is 17.8. The van der Waals surface area contributed by atoms with Gasteiger partial charge in [0, 0.05) is 11.6 Å². The average Bonchev–Trinajstić information content (AvgIpc) is 2.66. The van der Waals surface area contributed by atoms with Crippen molar-refractivity contribution >= 4 is 29.1 Å². The lowest BCUT2D eigenvalue weighted by Crippen LogP contribution is -2.48. The second-order valence-corrected chi connectivity index (χ2v) is 6.47. The van der Waals surface area contributed by atoms with Crippen molar-refractivity contribution in [3.8, 4) is 11.5 Å². The molecule has 2 heterocycles. The average molecular weight is 385 g/mol. The van der Waals surface area contributed by atoms with Crippen molar-refractivity contribution in [3.63, 3.8) is 0 Å². The highest BCUT2D eigenvalue weighted by molar-refractivity contribution is 6.09. The highest BCUT2D eigenvalue weighted by Crippen LogP contribution is 2.37. The highest BCUT2D eigenvalue weighted by atomic mass is 19.1. The molecule has 0 saturated heterocycles. The molecule has 2 aliphatic rings. The standard InChI is InChI=1S/C19H16FN3O5/c20-11-2-3-14-16(6-11)27-8-12(7-17(21)24)23(14)19(26)10-1-4-15-13(5-10)22-18(25)9-28-15/h1-6,12H,7-9H2,(H2,21,24)(H,22,25)/t12-/m1/s1. The summed E-state index contributed by atoms with van der Waals surface area (Å²) in [6, 6.07) is 7.78. The zero-order valence-electron chi connectivity index (χ0n) is 14.6. The molecule has 0 radical (unpaired) electrons. The molecule has 0 spiro atoms. The number of carbonyl (C=O) groups excluding carboxylic acids is 3. The minimum absolute atomic E-state index is 0.00405. The maximum atomic E-state index is 13.6. The van der Waals surface area contributed by atoms with Gasteiger partial charge in [-0.25, -0.2) is 4.39 Å². The van der Waals surface area contributed by atoms with E-state index in [9.17, 15) is 18.8 Å². The number of ether oxygens (including phenoxy) is 2. The van der Waals surface area contributed by atoms with E-state index in [0.717, 1.165) is 0 Å². The largest absolute Gasteiger partial charge is 0.489 e. The number of amides is 3. The molecular weight excluding hydrogens is 369 g/mol. The lowest BCUT2D eigenvalue weighted by Gasteiger charge is -2.36. The molecule has 3 amide bonds. The molecule has 2 aromatic rings. The van der Waals surface area contributed by atoms with E-state index < -0.39 is 23.7 Å². The number of halogens is 1. The van der Waals surface area contributed by atoms with E-state index in [1.54, 1.807) is 12.1 Å². The fraction of sp³-hybridized carbons (Fsp3) is 0.211. The van der Waals surface area contributed by atoms with Crippen LogP contribution in [0.2, 0.25) is 0 Å². The number of benzene rings is 2. The van der Waals surface area contributed by atoms with Crippen LogP contribution < -0.4 is 25.4 Å². The number of hydrogen-bond acceptors (Lipinski definition) is 5. The maximum absolute atomic E-state index is 13.6. The third kappa shape index (κ3) is 3.22. The molecule has 1 atom stereocenters. The van der Waals surface area contributed by atoms with Crippen LogP contribution in [0.3, 0.4) is 0 Å². The van der Waals surface area contributed by atoms with Crippen LogP contribution in [0, 0.1) is 5.82 Å². The van der Waals surface area contributed by atoms with Crippen LogP contribution in [0.4, 0.5) is 15.8 Å². The third-order valence-electron chi connectivity index (χ3n) is 4.49. The lowest BCUT2D eigenvalue weighted by atomic mass is 10.0. The normalized spacial score (nSPS) is 17.5. The molecule has 8 nitrogen and oxygen atoms in total. The summed E-state index contributed by atoms with van der Waals surface area (Å²) >= 11 is 0. The van der Waals surface area contributed by atoms with Gasteiger partial charge in [0.2, 0.25) is 5.91 Å². The van der Waals surface area contributed by atoms with Crippen LogP contribution in [-0.4, -0.2) is 37.0 Å². The number of anilines is 2. The molecule has 144 valence electrons. The van der Waals surface area contributed by atoms with Gasteiger partial charge in [-0.05, 0) is 30.3 Å². The van der Waals surface area contributed by atoms with E-state index in [-0.39, 0.29) is 36.9 Å². The first-order valence-corrected chi connectivity index (χ1v) is 8.53. The van der Waals surface area contributed by atoms with Crippen molar-refractivity contribution in [1.29, 1.82) is 0 Å². The molecule has 2 aliphatic heterocycles.